The number of nitrogens with zero attached hydrogens (tertiary/aromatic N) is 2. The number of carbonyl (C=O) groups is 2. The first-order chi connectivity index (χ1) is 17.4. The molecule has 0 unspecified atom stereocenters. The summed E-state index contributed by atoms with van der Waals surface area (Å²) in [7, 11) is 0. The van der Waals surface area contributed by atoms with Gasteiger partial charge in [0.05, 0.1) is 11.4 Å². The van der Waals surface area contributed by atoms with Gasteiger partial charge in [-0.15, -0.1) is 0 Å². The molecule has 2 aromatic carbocycles. The molecule has 3 heterocycles. The molecule has 8 nitrogen and oxygen atoms in total. The van der Waals surface area contributed by atoms with Crippen LogP contribution in [0, 0.1) is 11.7 Å². The van der Waals surface area contributed by atoms with E-state index in [0.29, 0.717) is 42.5 Å². The van der Waals surface area contributed by atoms with E-state index < -0.39 is 11.8 Å². The summed E-state index contributed by atoms with van der Waals surface area (Å²) in [5, 5.41) is 6.96. The Morgan fingerprint density at radius 3 is 2.78 bits per heavy atom. The third-order valence-electron chi connectivity index (χ3n) is 6.25. The van der Waals surface area contributed by atoms with E-state index in [0.717, 1.165) is 10.9 Å². The zero-order valence-corrected chi connectivity index (χ0v) is 19.9. The van der Waals surface area contributed by atoms with Crippen molar-refractivity contribution < 1.29 is 14.0 Å². The van der Waals surface area contributed by atoms with Crippen LogP contribution in [-0.2, 0) is 0 Å². The minimum atomic E-state index is -0.640. The molecule has 1 fully saturated rings. The molecule has 3 amide bonds. The van der Waals surface area contributed by atoms with Gasteiger partial charge >= 0.3 is 6.03 Å². The fraction of sp³-hybridized carbons (Fsp3) is 0.192. The third kappa shape index (κ3) is 4.96. The van der Waals surface area contributed by atoms with E-state index in [1.54, 1.807) is 47.5 Å². The summed E-state index contributed by atoms with van der Waals surface area (Å²) < 4.78 is 16.0. The first-order valence-electron chi connectivity index (χ1n) is 11.5. The SMILES string of the molecule is O=C(NC[C@H]1CCN(C(=O)Nc2ccc(-n3ccccc3=O)cc2F)C1)c1cc2cc(Cl)ccc2[nH]1. The highest BCUT2D eigenvalue weighted by Gasteiger charge is 2.27. The van der Waals surface area contributed by atoms with E-state index in [4.69, 9.17) is 11.6 Å². The Balaban J connectivity index is 1.15. The van der Waals surface area contributed by atoms with Gasteiger partial charge in [0.2, 0.25) is 0 Å². The molecule has 0 bridgehead atoms. The van der Waals surface area contributed by atoms with Gasteiger partial charge in [-0.1, -0.05) is 17.7 Å². The molecule has 0 radical (unpaired) electrons. The van der Waals surface area contributed by atoms with Crippen LogP contribution in [0.5, 0.6) is 0 Å². The maximum atomic E-state index is 14.7. The number of likely N-dealkylation sites (tertiary alicyclic amines) is 1. The summed E-state index contributed by atoms with van der Waals surface area (Å²) in [6.45, 7) is 1.34. The second-order valence-corrected chi connectivity index (χ2v) is 9.16. The Morgan fingerprint density at radius 1 is 1.11 bits per heavy atom. The Labute approximate surface area is 210 Å². The van der Waals surface area contributed by atoms with Crippen LogP contribution in [-0.4, -0.2) is 46.0 Å². The lowest BCUT2D eigenvalue weighted by atomic mass is 10.1. The van der Waals surface area contributed by atoms with E-state index in [9.17, 15) is 18.8 Å². The van der Waals surface area contributed by atoms with Crippen molar-refractivity contribution >= 4 is 40.1 Å². The Hall–Kier alpha value is -4.11. The van der Waals surface area contributed by atoms with Crippen molar-refractivity contribution in [1.82, 2.24) is 19.8 Å². The van der Waals surface area contributed by atoms with Gasteiger partial charge in [-0.05, 0) is 54.8 Å². The third-order valence-corrected chi connectivity index (χ3v) is 6.48. The Morgan fingerprint density at radius 2 is 1.97 bits per heavy atom. The molecule has 4 aromatic rings. The molecule has 2 aromatic heterocycles. The maximum Gasteiger partial charge on any atom is 0.321 e. The zero-order chi connectivity index (χ0) is 25.2. The van der Waals surface area contributed by atoms with Crippen LogP contribution in [0.25, 0.3) is 16.6 Å². The molecule has 1 saturated heterocycles. The second-order valence-electron chi connectivity index (χ2n) is 8.73. The van der Waals surface area contributed by atoms with Gasteiger partial charge in [0.15, 0.2) is 0 Å². The molecule has 5 rings (SSSR count). The monoisotopic (exact) mass is 507 g/mol. The number of aromatic amines is 1. The first-order valence-corrected chi connectivity index (χ1v) is 11.9. The van der Waals surface area contributed by atoms with Crippen LogP contribution >= 0.6 is 11.6 Å². The number of amides is 3. The molecular formula is C26H23ClFN5O3. The van der Waals surface area contributed by atoms with Crippen LogP contribution in [0.4, 0.5) is 14.9 Å². The summed E-state index contributed by atoms with van der Waals surface area (Å²) in [6, 6.07) is 15.6. The smallest absolute Gasteiger partial charge is 0.321 e. The Kier molecular flexibility index (Phi) is 6.47. The van der Waals surface area contributed by atoms with E-state index >= 15 is 0 Å². The fourth-order valence-corrected chi connectivity index (χ4v) is 4.51. The number of hydrogen-bond donors (Lipinski definition) is 3. The van der Waals surface area contributed by atoms with Gasteiger partial charge < -0.3 is 20.5 Å². The lowest BCUT2D eigenvalue weighted by Gasteiger charge is -2.18. The number of carbonyl (C=O) groups excluding carboxylic acids is 2. The number of pyridine rings is 1. The number of nitrogens with one attached hydrogen (secondary N) is 3. The van der Waals surface area contributed by atoms with Crippen LogP contribution in [0.2, 0.25) is 5.02 Å². The molecule has 184 valence electrons. The van der Waals surface area contributed by atoms with Gasteiger partial charge in [-0.2, -0.15) is 0 Å². The van der Waals surface area contributed by atoms with Crippen LogP contribution in [0.15, 0.2) is 71.7 Å². The minimum absolute atomic E-state index is 0.0309. The van der Waals surface area contributed by atoms with Crippen molar-refractivity contribution in [2.45, 2.75) is 6.42 Å². The van der Waals surface area contributed by atoms with Gasteiger partial charge in [0.25, 0.3) is 11.5 Å². The van der Waals surface area contributed by atoms with Gasteiger partial charge in [0.1, 0.15) is 11.5 Å². The number of hydrogen-bond acceptors (Lipinski definition) is 3. The highest BCUT2D eigenvalue weighted by Crippen LogP contribution is 2.22. The topological polar surface area (TPSA) is 99.2 Å². The normalized spacial score (nSPS) is 15.3. The molecule has 1 atom stereocenters. The van der Waals surface area contributed by atoms with Crippen molar-refractivity contribution in [3.05, 3.63) is 93.7 Å². The zero-order valence-electron chi connectivity index (χ0n) is 19.1. The first kappa shape index (κ1) is 23.6. The molecule has 0 saturated carbocycles. The van der Waals surface area contributed by atoms with Gasteiger partial charge in [-0.25, -0.2) is 9.18 Å². The van der Waals surface area contributed by atoms with Crippen molar-refractivity contribution in [2.75, 3.05) is 25.0 Å². The highest BCUT2D eigenvalue weighted by atomic mass is 35.5. The lowest BCUT2D eigenvalue weighted by Crippen LogP contribution is -2.35. The van der Waals surface area contributed by atoms with Crippen LogP contribution in [0.1, 0.15) is 16.9 Å². The van der Waals surface area contributed by atoms with Crippen molar-refractivity contribution in [1.29, 1.82) is 0 Å². The number of urea groups is 1. The number of anilines is 1. The summed E-state index contributed by atoms with van der Waals surface area (Å²) in [6.07, 6.45) is 2.26. The van der Waals surface area contributed by atoms with E-state index in [1.807, 2.05) is 6.07 Å². The predicted molar refractivity (Wildman–Crippen MR) is 136 cm³/mol. The number of rotatable bonds is 5. The van der Waals surface area contributed by atoms with Crippen LogP contribution in [0.3, 0.4) is 0 Å². The average Bonchev–Trinajstić information content (AvgIpc) is 3.51. The number of H-pyrrole nitrogens is 1. The van der Waals surface area contributed by atoms with E-state index in [-0.39, 0.29) is 23.1 Å². The molecule has 36 heavy (non-hydrogen) atoms. The largest absolute Gasteiger partial charge is 0.351 e. The Bertz CT molecular complexity index is 1510. The highest BCUT2D eigenvalue weighted by molar-refractivity contribution is 6.31. The number of fused-ring (bicyclic) bond motifs is 1. The molecule has 3 N–H and O–H groups in total. The van der Waals surface area contributed by atoms with E-state index in [2.05, 4.69) is 15.6 Å². The molecular weight excluding hydrogens is 485 g/mol. The van der Waals surface area contributed by atoms with Gasteiger partial charge in [0, 0.05) is 53.9 Å². The second kappa shape index (κ2) is 9.87. The summed E-state index contributed by atoms with van der Waals surface area (Å²) in [4.78, 5) is 41.9. The number of aromatic nitrogens is 2. The minimum Gasteiger partial charge on any atom is -0.351 e. The molecule has 0 spiro atoms. The molecule has 10 heteroatoms. The van der Waals surface area contributed by atoms with Crippen molar-refractivity contribution in [2.24, 2.45) is 5.92 Å². The molecule has 0 aliphatic carbocycles. The van der Waals surface area contributed by atoms with Crippen molar-refractivity contribution in [3.63, 3.8) is 0 Å². The lowest BCUT2D eigenvalue weighted by molar-refractivity contribution is 0.0943. The number of benzene rings is 2. The molecule has 1 aliphatic rings. The molecule has 1 aliphatic heterocycles. The fourth-order valence-electron chi connectivity index (χ4n) is 4.33. The standard InChI is InChI=1S/C26H23ClFN5O3/c27-18-4-6-21-17(11-18)12-23(30-21)25(35)29-14-16-8-10-32(15-16)26(36)31-22-7-5-19(13-20(22)28)33-9-2-1-3-24(33)34/h1-7,9,11-13,16,30H,8,10,14-15H2,(H,29,35)(H,31,36)/t16-/m1/s1. The maximum absolute atomic E-state index is 14.7. The van der Waals surface area contributed by atoms with Crippen LogP contribution < -0.4 is 16.2 Å². The summed E-state index contributed by atoms with van der Waals surface area (Å²) in [5.41, 5.74) is 1.38. The van der Waals surface area contributed by atoms with Gasteiger partial charge in [-0.3, -0.25) is 14.2 Å². The summed E-state index contributed by atoms with van der Waals surface area (Å²) in [5.74, 6) is -0.792. The predicted octanol–water partition coefficient (Wildman–Crippen LogP) is 4.40. The van der Waals surface area contributed by atoms with E-state index in [1.165, 1.54) is 22.8 Å². The number of halogens is 2. The average molecular weight is 508 g/mol. The summed E-state index contributed by atoms with van der Waals surface area (Å²) >= 11 is 6.01. The quantitative estimate of drug-likeness (QED) is 0.373. The van der Waals surface area contributed by atoms with Crippen molar-refractivity contribution in [3.8, 4) is 5.69 Å².